The van der Waals surface area contributed by atoms with Gasteiger partial charge in [0.25, 0.3) is 0 Å². The minimum Gasteiger partial charge on any atom is -0.288 e. The Bertz CT molecular complexity index is 1410. The highest BCUT2D eigenvalue weighted by Crippen LogP contribution is 2.40. The second-order valence-electron chi connectivity index (χ2n) is 13.9. The topological polar surface area (TPSA) is 51.2 Å². The van der Waals surface area contributed by atoms with Crippen molar-refractivity contribution in [1.29, 1.82) is 0 Å². The number of carbonyl (C=O) groups is 2. The molecule has 3 rings (SSSR count). The zero-order chi connectivity index (χ0) is 29.7. The molecule has 0 heterocycles. The average molecular weight is 544 g/mol. The zero-order valence-corrected chi connectivity index (χ0v) is 26.7. The van der Waals surface area contributed by atoms with Crippen molar-refractivity contribution in [3.8, 4) is 0 Å². The van der Waals surface area contributed by atoms with Crippen molar-refractivity contribution >= 4 is 24.4 Å². The van der Waals surface area contributed by atoms with Gasteiger partial charge >= 0.3 is 13.3 Å². The largest absolute Gasteiger partial charge is 0.459 e. The fourth-order valence-corrected chi connectivity index (χ4v) is 6.60. The molecule has 0 fully saturated rings. The highest BCUT2D eigenvalue weighted by atomic mass is 31.1. The predicted octanol–water partition coefficient (Wildman–Crippen LogP) is 9.03. The summed E-state index contributed by atoms with van der Waals surface area (Å²) in [6, 6.07) is 15.1. The lowest BCUT2D eigenvalue weighted by Gasteiger charge is -2.33. The Hall–Kier alpha value is -2.90. The van der Waals surface area contributed by atoms with Crippen molar-refractivity contribution in [2.45, 2.75) is 99.3 Å². The van der Waals surface area contributed by atoms with E-state index in [0.717, 1.165) is 27.8 Å². The van der Waals surface area contributed by atoms with Crippen LogP contribution >= 0.6 is 7.80 Å². The number of aryl methyl sites for hydroxylation is 3. The monoisotopic (exact) mass is 543 g/mol. The first-order valence-electron chi connectivity index (χ1n) is 13.7. The van der Waals surface area contributed by atoms with Crippen LogP contribution in [-0.4, -0.2) is 11.3 Å². The number of hydrogen-bond acceptors (Lipinski definition) is 3. The van der Waals surface area contributed by atoms with E-state index < -0.39 is 13.3 Å². The second-order valence-corrected chi connectivity index (χ2v) is 15.4. The van der Waals surface area contributed by atoms with Gasteiger partial charge in [0.15, 0.2) is 5.78 Å². The van der Waals surface area contributed by atoms with Crippen LogP contribution in [0.4, 0.5) is 0 Å². The summed E-state index contributed by atoms with van der Waals surface area (Å²) in [7, 11) is -2.51. The summed E-state index contributed by atoms with van der Waals surface area (Å²) in [5.74, 6) is -0.186. The molecule has 0 aliphatic heterocycles. The van der Waals surface area contributed by atoms with Crippen LogP contribution in [0.3, 0.4) is 0 Å². The number of hydrogen-bond donors (Lipinski definition) is 0. The summed E-state index contributed by atoms with van der Waals surface area (Å²) in [5.41, 5.74) is 6.05. The molecule has 1 atom stereocenters. The Morgan fingerprint density at radius 1 is 0.641 bits per heavy atom. The van der Waals surface area contributed by atoms with Crippen LogP contribution in [0.1, 0.15) is 122 Å². The van der Waals surface area contributed by atoms with E-state index in [9.17, 15) is 14.2 Å². The van der Waals surface area contributed by atoms with Gasteiger partial charge in [-0.2, -0.15) is 0 Å². The van der Waals surface area contributed by atoms with E-state index in [4.69, 9.17) is 0 Å². The zero-order valence-electron chi connectivity index (χ0n) is 25.8. The van der Waals surface area contributed by atoms with E-state index in [0.29, 0.717) is 22.0 Å². The van der Waals surface area contributed by atoms with Gasteiger partial charge in [-0.05, 0) is 77.0 Å². The van der Waals surface area contributed by atoms with Gasteiger partial charge in [0, 0.05) is 5.56 Å². The molecule has 0 N–H and O–H groups in total. The van der Waals surface area contributed by atoms with Gasteiger partial charge in [-0.15, -0.1) is 0 Å². The number of rotatable bonds is 5. The van der Waals surface area contributed by atoms with E-state index in [1.54, 1.807) is 24.3 Å². The van der Waals surface area contributed by atoms with Crippen LogP contribution in [0.15, 0.2) is 48.5 Å². The molecule has 0 saturated carbocycles. The first-order chi connectivity index (χ1) is 17.7. The molecular formula is C35H44O3P+. The Morgan fingerprint density at radius 3 is 1.54 bits per heavy atom. The van der Waals surface area contributed by atoms with Gasteiger partial charge < -0.3 is 0 Å². The minimum atomic E-state index is -2.51. The summed E-state index contributed by atoms with van der Waals surface area (Å²) in [5, 5.41) is 0.293. The van der Waals surface area contributed by atoms with Gasteiger partial charge in [0.1, 0.15) is 0 Å². The molecule has 206 valence electrons. The van der Waals surface area contributed by atoms with Crippen molar-refractivity contribution in [2.75, 3.05) is 0 Å². The molecule has 0 spiro atoms. The van der Waals surface area contributed by atoms with Gasteiger partial charge in [-0.3, -0.25) is 4.79 Å². The average Bonchev–Trinajstić information content (AvgIpc) is 2.79. The lowest BCUT2D eigenvalue weighted by molar-refractivity contribution is 0.103. The van der Waals surface area contributed by atoms with Crippen LogP contribution in [0.2, 0.25) is 0 Å². The first-order valence-corrected chi connectivity index (χ1v) is 14.9. The number of benzene rings is 3. The van der Waals surface area contributed by atoms with Crippen molar-refractivity contribution in [3.63, 3.8) is 0 Å². The molecule has 0 aliphatic rings. The fraction of sp³-hybridized carbons (Fsp3) is 0.429. The Balaban J connectivity index is 2.29. The van der Waals surface area contributed by atoms with E-state index >= 15 is 0 Å². The van der Waals surface area contributed by atoms with E-state index in [-0.39, 0.29) is 22.0 Å². The van der Waals surface area contributed by atoms with Crippen LogP contribution < -0.4 is 5.30 Å². The fourth-order valence-electron chi connectivity index (χ4n) is 5.21. The van der Waals surface area contributed by atoms with Crippen molar-refractivity contribution in [1.82, 2.24) is 0 Å². The molecule has 0 radical (unpaired) electrons. The van der Waals surface area contributed by atoms with Crippen LogP contribution in [-0.2, 0) is 20.8 Å². The van der Waals surface area contributed by atoms with Crippen molar-refractivity contribution in [2.24, 2.45) is 0 Å². The second kappa shape index (κ2) is 10.6. The molecule has 3 aromatic carbocycles. The summed E-state index contributed by atoms with van der Waals surface area (Å²) in [6.45, 7) is 25.0. The third kappa shape index (κ3) is 6.30. The standard InChI is InChI=1S/C35H44O3P/c1-21-17-22(2)29(23(3)18-21)32(37)39(38)28-16-14-13-15-25(28)31(36)30-26(34(7,8)9)19-24(33(4,5)6)20-27(30)35(10,11)12/h13-20H,1-12H3/q+1. The minimum absolute atomic E-state index is 0.0982. The van der Waals surface area contributed by atoms with E-state index in [1.807, 2.05) is 32.9 Å². The first kappa shape index (κ1) is 30.6. The van der Waals surface area contributed by atoms with Crippen molar-refractivity contribution in [3.05, 3.63) is 98.6 Å². The highest BCUT2D eigenvalue weighted by Gasteiger charge is 2.40. The molecule has 0 aliphatic carbocycles. The van der Waals surface area contributed by atoms with Gasteiger partial charge in [0.2, 0.25) is 5.30 Å². The maximum absolute atomic E-state index is 14.6. The molecule has 3 aromatic rings. The van der Waals surface area contributed by atoms with E-state index in [2.05, 4.69) is 74.4 Å². The maximum atomic E-state index is 14.6. The molecule has 0 aromatic heterocycles. The van der Waals surface area contributed by atoms with Gasteiger partial charge in [-0.1, -0.05) is 109 Å². The number of ketones is 1. The summed E-state index contributed by atoms with van der Waals surface area (Å²) in [6.07, 6.45) is 0. The van der Waals surface area contributed by atoms with Gasteiger partial charge in [0.05, 0.1) is 11.1 Å². The molecule has 39 heavy (non-hydrogen) atoms. The SMILES string of the molecule is Cc1cc(C)c(C(=O)[P+](=O)c2ccccc2C(=O)c2c(C(C)(C)C)cc(C(C)(C)C)cc2C(C)(C)C)c(C)c1. The lowest BCUT2D eigenvalue weighted by atomic mass is 9.71. The van der Waals surface area contributed by atoms with E-state index in [1.165, 1.54) is 5.56 Å². The molecule has 0 amide bonds. The smallest absolute Gasteiger partial charge is 0.288 e. The molecule has 4 heteroatoms. The van der Waals surface area contributed by atoms with Gasteiger partial charge in [-0.25, -0.2) is 4.79 Å². The summed E-state index contributed by atoms with van der Waals surface area (Å²) in [4.78, 5) is 28.2. The lowest BCUT2D eigenvalue weighted by Crippen LogP contribution is -2.28. The molecule has 0 bridgehead atoms. The van der Waals surface area contributed by atoms with Crippen LogP contribution in [0.25, 0.3) is 0 Å². The summed E-state index contributed by atoms with van der Waals surface area (Å²) >= 11 is 0. The third-order valence-corrected chi connectivity index (χ3v) is 8.71. The number of carbonyl (C=O) groups excluding carboxylic acids is 2. The quantitative estimate of drug-likeness (QED) is 0.238. The van der Waals surface area contributed by atoms with Crippen LogP contribution in [0, 0.1) is 20.8 Å². The normalized spacial score (nSPS) is 12.9. The molecular weight excluding hydrogens is 499 g/mol. The maximum Gasteiger partial charge on any atom is 0.459 e. The highest BCUT2D eigenvalue weighted by molar-refractivity contribution is 7.71. The Kier molecular flexibility index (Phi) is 8.31. The molecule has 1 unspecified atom stereocenters. The Morgan fingerprint density at radius 2 is 1.10 bits per heavy atom. The van der Waals surface area contributed by atoms with Crippen LogP contribution in [0.5, 0.6) is 0 Å². The molecule has 0 saturated heterocycles. The Labute approximate surface area is 236 Å². The summed E-state index contributed by atoms with van der Waals surface area (Å²) < 4.78 is 13.9. The third-order valence-electron chi connectivity index (χ3n) is 7.29. The molecule has 3 nitrogen and oxygen atoms in total. The van der Waals surface area contributed by atoms with Crippen molar-refractivity contribution < 1.29 is 14.2 Å². The predicted molar refractivity (Wildman–Crippen MR) is 165 cm³/mol.